The summed E-state index contributed by atoms with van der Waals surface area (Å²) in [6.07, 6.45) is 2.44. The first-order chi connectivity index (χ1) is 12.7. The van der Waals surface area contributed by atoms with Gasteiger partial charge in [0.15, 0.2) is 6.29 Å². The van der Waals surface area contributed by atoms with Crippen LogP contribution in [0.1, 0.15) is 36.0 Å². The van der Waals surface area contributed by atoms with E-state index in [0.29, 0.717) is 30.6 Å². The van der Waals surface area contributed by atoms with Crippen LogP contribution in [0.2, 0.25) is 0 Å². The molecule has 6 nitrogen and oxygen atoms in total. The van der Waals surface area contributed by atoms with Crippen molar-refractivity contribution in [1.82, 2.24) is 0 Å². The van der Waals surface area contributed by atoms with Gasteiger partial charge in [-0.3, -0.25) is 4.79 Å². The zero-order valence-corrected chi connectivity index (χ0v) is 14.7. The van der Waals surface area contributed by atoms with Gasteiger partial charge in [-0.1, -0.05) is 24.8 Å². The van der Waals surface area contributed by atoms with E-state index in [0.717, 1.165) is 19.3 Å². The molecule has 0 bridgehead atoms. The number of hydrogen-bond donors (Lipinski definition) is 0. The summed E-state index contributed by atoms with van der Waals surface area (Å²) >= 11 is 0. The number of carbonyl (C=O) groups excluding carboxylic acids is 2. The van der Waals surface area contributed by atoms with Crippen LogP contribution in [-0.2, 0) is 23.7 Å². The van der Waals surface area contributed by atoms with Gasteiger partial charge in [-0.25, -0.2) is 4.79 Å². The molecule has 1 saturated carbocycles. The number of esters is 1. The Bertz CT molecular complexity index is 622. The van der Waals surface area contributed by atoms with Crippen LogP contribution < -0.4 is 0 Å². The molecular weight excluding hydrogens is 336 g/mol. The topological polar surface area (TPSA) is 71.1 Å². The number of benzene rings is 1. The highest BCUT2D eigenvalue weighted by Gasteiger charge is 2.42. The number of ether oxygens (including phenoxy) is 4. The van der Waals surface area contributed by atoms with E-state index >= 15 is 0 Å². The second-order valence-corrected chi connectivity index (χ2v) is 6.57. The highest BCUT2D eigenvalue weighted by Crippen LogP contribution is 2.36. The van der Waals surface area contributed by atoms with Gasteiger partial charge in [0.2, 0.25) is 0 Å². The highest BCUT2D eigenvalue weighted by atomic mass is 16.7. The standard InChI is InChI=1S/C20H24O6/c1-14-16(12-24-20(22)15-7-3-2-4-8-15)18(11-17(14)25-13-21)26-19-9-5-6-10-23-19/h2-4,7-8,13,16-19H,1,5-6,9-12H2/t16-,17+,18-,19?/m0/s1. The molecule has 1 aliphatic carbocycles. The molecule has 0 N–H and O–H groups in total. The molecule has 1 aromatic carbocycles. The summed E-state index contributed by atoms with van der Waals surface area (Å²) < 4.78 is 22.3. The third-order valence-corrected chi connectivity index (χ3v) is 4.87. The van der Waals surface area contributed by atoms with Gasteiger partial charge < -0.3 is 18.9 Å². The quantitative estimate of drug-likeness (QED) is 0.423. The predicted octanol–water partition coefficient (Wildman–Crippen LogP) is 2.87. The van der Waals surface area contributed by atoms with E-state index in [1.807, 2.05) is 6.07 Å². The Morgan fingerprint density at radius 2 is 2.08 bits per heavy atom. The van der Waals surface area contributed by atoms with Gasteiger partial charge in [-0.05, 0) is 37.0 Å². The van der Waals surface area contributed by atoms with Crippen molar-refractivity contribution in [3.05, 3.63) is 48.0 Å². The molecule has 2 fully saturated rings. The van der Waals surface area contributed by atoms with Crippen LogP contribution in [-0.4, -0.2) is 44.2 Å². The summed E-state index contributed by atoms with van der Waals surface area (Å²) in [5, 5.41) is 0. The lowest BCUT2D eigenvalue weighted by Gasteiger charge is -2.28. The minimum absolute atomic E-state index is 0.128. The van der Waals surface area contributed by atoms with Gasteiger partial charge in [0.05, 0.1) is 11.7 Å². The van der Waals surface area contributed by atoms with Gasteiger partial charge in [0.25, 0.3) is 6.47 Å². The molecule has 1 heterocycles. The molecule has 0 spiro atoms. The third-order valence-electron chi connectivity index (χ3n) is 4.87. The molecule has 1 aromatic rings. The zero-order chi connectivity index (χ0) is 18.4. The fourth-order valence-corrected chi connectivity index (χ4v) is 3.42. The minimum atomic E-state index is -0.429. The molecule has 26 heavy (non-hydrogen) atoms. The van der Waals surface area contributed by atoms with Crippen molar-refractivity contribution in [2.24, 2.45) is 5.92 Å². The van der Waals surface area contributed by atoms with E-state index in [2.05, 4.69) is 6.58 Å². The zero-order valence-electron chi connectivity index (χ0n) is 14.7. The van der Waals surface area contributed by atoms with Crippen LogP contribution in [0.25, 0.3) is 0 Å². The lowest BCUT2D eigenvalue weighted by Crippen LogP contribution is -2.32. The van der Waals surface area contributed by atoms with Crippen LogP contribution in [0.5, 0.6) is 0 Å². The summed E-state index contributed by atoms with van der Waals surface area (Å²) in [5.41, 5.74) is 1.20. The largest absolute Gasteiger partial charge is 0.461 e. The average Bonchev–Trinajstić information content (AvgIpc) is 2.96. The molecule has 1 saturated heterocycles. The predicted molar refractivity (Wildman–Crippen MR) is 93.4 cm³/mol. The monoisotopic (exact) mass is 360 g/mol. The van der Waals surface area contributed by atoms with Crippen LogP contribution in [0.3, 0.4) is 0 Å². The molecule has 0 amide bonds. The first-order valence-corrected chi connectivity index (χ1v) is 8.96. The van der Waals surface area contributed by atoms with Crippen LogP contribution in [0, 0.1) is 5.92 Å². The number of rotatable bonds is 7. The van der Waals surface area contributed by atoms with Crippen molar-refractivity contribution in [2.75, 3.05) is 13.2 Å². The lowest BCUT2D eigenvalue weighted by molar-refractivity contribution is -0.196. The molecule has 1 unspecified atom stereocenters. The SMILES string of the molecule is C=C1[C@H](OC=O)C[C@H](OC2CCCCO2)[C@H]1COC(=O)c1ccccc1. The van der Waals surface area contributed by atoms with E-state index in [1.165, 1.54) is 0 Å². The molecule has 0 radical (unpaired) electrons. The molecule has 140 valence electrons. The number of hydrogen-bond acceptors (Lipinski definition) is 6. The molecule has 3 rings (SSSR count). The van der Waals surface area contributed by atoms with Crippen molar-refractivity contribution < 1.29 is 28.5 Å². The fourth-order valence-electron chi connectivity index (χ4n) is 3.42. The molecule has 0 aromatic heterocycles. The Balaban J connectivity index is 1.63. The molecule has 1 aliphatic heterocycles. The lowest BCUT2D eigenvalue weighted by atomic mass is 10.0. The van der Waals surface area contributed by atoms with E-state index in [1.54, 1.807) is 24.3 Å². The van der Waals surface area contributed by atoms with Gasteiger partial charge >= 0.3 is 5.97 Å². The first kappa shape index (κ1) is 18.6. The summed E-state index contributed by atoms with van der Waals surface area (Å²) in [7, 11) is 0. The van der Waals surface area contributed by atoms with Crippen LogP contribution in [0.15, 0.2) is 42.5 Å². The Morgan fingerprint density at radius 3 is 2.77 bits per heavy atom. The normalized spacial score (nSPS) is 28.5. The second-order valence-electron chi connectivity index (χ2n) is 6.57. The summed E-state index contributed by atoms with van der Waals surface area (Å²) in [5.74, 6) is -0.635. The molecule has 2 aliphatic rings. The first-order valence-electron chi connectivity index (χ1n) is 8.96. The number of carbonyl (C=O) groups is 2. The molecule has 6 heteroatoms. The fraction of sp³-hybridized carbons (Fsp3) is 0.500. The van der Waals surface area contributed by atoms with E-state index in [-0.39, 0.29) is 24.9 Å². The van der Waals surface area contributed by atoms with Crippen molar-refractivity contribution in [2.45, 2.75) is 44.2 Å². The Kier molecular flexibility index (Phi) is 6.41. The molecule has 4 atom stereocenters. The summed E-state index contributed by atoms with van der Waals surface area (Å²) in [4.78, 5) is 23.0. The van der Waals surface area contributed by atoms with E-state index in [4.69, 9.17) is 18.9 Å². The van der Waals surface area contributed by atoms with Gasteiger partial charge in [0.1, 0.15) is 12.7 Å². The van der Waals surface area contributed by atoms with Crippen LogP contribution in [0.4, 0.5) is 0 Å². The Hall–Kier alpha value is -2.18. The Morgan fingerprint density at radius 1 is 1.27 bits per heavy atom. The van der Waals surface area contributed by atoms with Crippen molar-refractivity contribution in [3.8, 4) is 0 Å². The summed E-state index contributed by atoms with van der Waals surface area (Å²) in [6.45, 7) is 5.26. The maximum absolute atomic E-state index is 12.2. The van der Waals surface area contributed by atoms with Crippen molar-refractivity contribution >= 4 is 12.4 Å². The third kappa shape index (κ3) is 4.51. The minimum Gasteiger partial charge on any atom is -0.461 e. The van der Waals surface area contributed by atoms with E-state index < -0.39 is 12.1 Å². The maximum atomic E-state index is 12.2. The van der Waals surface area contributed by atoms with Crippen LogP contribution >= 0.6 is 0 Å². The van der Waals surface area contributed by atoms with E-state index in [9.17, 15) is 9.59 Å². The molecular formula is C20H24O6. The van der Waals surface area contributed by atoms with Gasteiger partial charge in [0, 0.05) is 18.9 Å². The average molecular weight is 360 g/mol. The van der Waals surface area contributed by atoms with Gasteiger partial charge in [-0.15, -0.1) is 0 Å². The van der Waals surface area contributed by atoms with Crippen molar-refractivity contribution in [3.63, 3.8) is 0 Å². The highest BCUT2D eigenvalue weighted by molar-refractivity contribution is 5.89. The summed E-state index contributed by atoms with van der Waals surface area (Å²) in [6, 6.07) is 8.81. The van der Waals surface area contributed by atoms with Gasteiger partial charge in [-0.2, -0.15) is 0 Å². The smallest absolute Gasteiger partial charge is 0.338 e. The maximum Gasteiger partial charge on any atom is 0.338 e. The Labute approximate surface area is 153 Å². The van der Waals surface area contributed by atoms with Crippen molar-refractivity contribution in [1.29, 1.82) is 0 Å². The second kappa shape index (κ2) is 8.96.